The Labute approximate surface area is 229 Å². The van der Waals surface area contributed by atoms with Crippen LogP contribution in [0.2, 0.25) is 0 Å². The molecule has 10 heteroatoms. The quantitative estimate of drug-likeness (QED) is 0.320. The molecule has 1 aromatic heterocycles. The van der Waals surface area contributed by atoms with E-state index < -0.39 is 27.6 Å². The van der Waals surface area contributed by atoms with Gasteiger partial charge in [0.1, 0.15) is 0 Å². The maximum Gasteiger partial charge on any atom is 0.314 e. The van der Waals surface area contributed by atoms with Crippen molar-refractivity contribution < 1.29 is 21.6 Å². The summed E-state index contributed by atoms with van der Waals surface area (Å²) < 4.78 is 60.4. The van der Waals surface area contributed by atoms with Crippen molar-refractivity contribution in [2.24, 2.45) is 5.92 Å². The number of benzene rings is 2. The van der Waals surface area contributed by atoms with E-state index in [1.165, 1.54) is 30.0 Å². The summed E-state index contributed by atoms with van der Waals surface area (Å²) in [5, 5.41) is 6.63. The molecule has 0 spiro atoms. The zero-order valence-corrected chi connectivity index (χ0v) is 23.3. The van der Waals surface area contributed by atoms with Crippen LogP contribution in [0.5, 0.6) is 0 Å². The first-order valence-corrected chi connectivity index (χ1v) is 15.2. The molecule has 0 unspecified atom stereocenters. The molecular weight excluding hydrogens is 522 g/mol. The summed E-state index contributed by atoms with van der Waals surface area (Å²) in [5.74, 6) is 0.0623. The number of likely N-dealkylation sites (tertiary alicyclic amines) is 1. The molecule has 0 N–H and O–H groups in total. The molecule has 1 saturated heterocycles. The van der Waals surface area contributed by atoms with E-state index in [-0.39, 0.29) is 12.4 Å². The van der Waals surface area contributed by atoms with E-state index in [2.05, 4.69) is 22.0 Å². The molecule has 2 fully saturated rings. The first-order chi connectivity index (χ1) is 18.7. The monoisotopic (exact) mass is 558 g/mol. The van der Waals surface area contributed by atoms with E-state index in [4.69, 9.17) is 4.42 Å². The third-order valence-electron chi connectivity index (χ3n) is 8.15. The Hall–Kier alpha value is -2.85. The van der Waals surface area contributed by atoms with Crippen LogP contribution in [-0.2, 0) is 16.6 Å². The van der Waals surface area contributed by atoms with Gasteiger partial charge in [0.25, 0.3) is 5.89 Å². The van der Waals surface area contributed by atoms with Gasteiger partial charge in [-0.25, -0.2) is 8.42 Å². The molecule has 3 aromatic rings. The minimum absolute atomic E-state index is 0.000745. The van der Waals surface area contributed by atoms with E-state index in [0.717, 1.165) is 30.1 Å². The Morgan fingerprint density at radius 3 is 2.31 bits per heavy atom. The molecule has 210 valence electrons. The number of nitrogens with zero attached hydrogens (tertiary/aromatic N) is 4. The molecule has 0 atom stereocenters. The number of anilines is 1. The predicted octanol–water partition coefficient (Wildman–Crippen LogP) is 6.36. The van der Waals surface area contributed by atoms with Crippen molar-refractivity contribution in [2.45, 2.75) is 76.6 Å². The van der Waals surface area contributed by atoms with Crippen molar-refractivity contribution in [3.8, 4) is 11.5 Å². The van der Waals surface area contributed by atoms with E-state index in [9.17, 15) is 17.2 Å². The van der Waals surface area contributed by atoms with Gasteiger partial charge in [-0.15, -0.1) is 10.2 Å². The second kappa shape index (κ2) is 11.7. The maximum atomic E-state index is 14.1. The third-order valence-corrected chi connectivity index (χ3v) is 10.4. The number of hydrogen-bond donors (Lipinski definition) is 0. The van der Waals surface area contributed by atoms with Crippen LogP contribution in [0.3, 0.4) is 0 Å². The largest absolute Gasteiger partial charge is 0.415 e. The van der Waals surface area contributed by atoms with Gasteiger partial charge in [-0.2, -0.15) is 8.78 Å². The minimum atomic E-state index is -3.64. The topological polar surface area (TPSA) is 79.5 Å². The first kappa shape index (κ1) is 27.7. The fourth-order valence-electron chi connectivity index (χ4n) is 5.80. The lowest BCUT2D eigenvalue weighted by atomic mass is 9.86. The van der Waals surface area contributed by atoms with Crippen LogP contribution >= 0.6 is 0 Å². The minimum Gasteiger partial charge on any atom is -0.415 e. The Balaban J connectivity index is 1.33. The lowest BCUT2D eigenvalue weighted by Crippen LogP contribution is -2.48. The second-order valence-corrected chi connectivity index (χ2v) is 13.1. The van der Waals surface area contributed by atoms with Crippen LogP contribution < -0.4 is 4.31 Å². The molecule has 0 amide bonds. The summed E-state index contributed by atoms with van der Waals surface area (Å²) >= 11 is 0. The van der Waals surface area contributed by atoms with E-state index >= 15 is 0 Å². The van der Waals surface area contributed by atoms with Crippen LogP contribution in [0.1, 0.15) is 68.9 Å². The van der Waals surface area contributed by atoms with Gasteiger partial charge in [0.15, 0.2) is 0 Å². The third kappa shape index (κ3) is 6.32. The molecule has 2 aromatic carbocycles. The molecule has 1 saturated carbocycles. The van der Waals surface area contributed by atoms with Crippen LogP contribution in [-0.4, -0.2) is 47.9 Å². The van der Waals surface area contributed by atoms with E-state index in [1.54, 1.807) is 24.3 Å². The van der Waals surface area contributed by atoms with Gasteiger partial charge in [0, 0.05) is 11.6 Å². The molecular formula is C29H36F2N4O3S. The highest BCUT2D eigenvalue weighted by molar-refractivity contribution is 7.93. The van der Waals surface area contributed by atoms with Gasteiger partial charge in [0.05, 0.1) is 17.5 Å². The molecule has 2 aliphatic rings. The van der Waals surface area contributed by atoms with Crippen molar-refractivity contribution in [1.29, 1.82) is 0 Å². The molecule has 0 bridgehead atoms. The predicted molar refractivity (Wildman–Crippen MR) is 147 cm³/mol. The van der Waals surface area contributed by atoms with Crippen LogP contribution in [0.4, 0.5) is 14.5 Å². The molecule has 39 heavy (non-hydrogen) atoms. The highest BCUT2D eigenvalue weighted by atomic mass is 32.2. The van der Waals surface area contributed by atoms with Gasteiger partial charge in [0.2, 0.25) is 15.9 Å². The summed E-state index contributed by atoms with van der Waals surface area (Å²) in [6.07, 6.45) is 3.33. The fourth-order valence-corrected chi connectivity index (χ4v) is 7.70. The van der Waals surface area contributed by atoms with Gasteiger partial charge >= 0.3 is 6.43 Å². The number of rotatable bonds is 8. The number of sulfonamides is 1. The molecule has 7 nitrogen and oxygen atoms in total. The number of aromatic nitrogens is 2. The van der Waals surface area contributed by atoms with E-state index in [1.807, 2.05) is 31.2 Å². The Morgan fingerprint density at radius 2 is 1.69 bits per heavy atom. The smallest absolute Gasteiger partial charge is 0.314 e. The lowest BCUT2D eigenvalue weighted by Gasteiger charge is -2.41. The highest BCUT2D eigenvalue weighted by Gasteiger charge is 2.37. The summed E-state index contributed by atoms with van der Waals surface area (Å²) in [4.78, 5) is 2.50. The Morgan fingerprint density at radius 1 is 1.00 bits per heavy atom. The van der Waals surface area contributed by atoms with Gasteiger partial charge in [-0.1, -0.05) is 31.2 Å². The van der Waals surface area contributed by atoms with Crippen molar-refractivity contribution >= 4 is 15.7 Å². The number of alkyl halides is 2. The lowest BCUT2D eigenvalue weighted by molar-refractivity contribution is 0.116. The van der Waals surface area contributed by atoms with E-state index in [0.29, 0.717) is 30.1 Å². The standard InChI is InChI=1S/C29H36F2N4O3S/c1-20-6-12-24(13-7-20)34-16-14-26(15-17-34)39(36,37)35(25-5-3-4-21(2)18-25)19-22-8-10-23(11-9-22)28-32-33-29(38-28)27(30)31/h3-5,8-11,18,20,24,26-27H,6-7,12-17,19H2,1-2H3. The summed E-state index contributed by atoms with van der Waals surface area (Å²) in [6.45, 7) is 6.05. The number of aryl methyl sites for hydroxylation is 1. The van der Waals surface area contributed by atoms with Crippen LogP contribution in [0.25, 0.3) is 11.5 Å². The summed E-state index contributed by atoms with van der Waals surface area (Å²) in [7, 11) is -3.64. The zero-order chi connectivity index (χ0) is 27.6. The summed E-state index contributed by atoms with van der Waals surface area (Å²) in [5.41, 5.74) is 2.88. The maximum absolute atomic E-state index is 14.1. The average molecular weight is 559 g/mol. The fraction of sp³-hybridized carbons (Fsp3) is 0.517. The molecule has 1 aliphatic heterocycles. The Bertz CT molecular complexity index is 1350. The Kier molecular flexibility index (Phi) is 8.32. The summed E-state index contributed by atoms with van der Waals surface area (Å²) in [6, 6.07) is 15.0. The van der Waals surface area contributed by atoms with Crippen molar-refractivity contribution in [1.82, 2.24) is 15.1 Å². The first-order valence-electron chi connectivity index (χ1n) is 13.7. The molecule has 1 aliphatic carbocycles. The number of halogens is 2. The van der Waals surface area contributed by atoms with Crippen LogP contribution in [0.15, 0.2) is 52.9 Å². The SMILES string of the molecule is Cc1cccc(N(Cc2ccc(-c3nnc(C(F)F)o3)cc2)S(=O)(=O)C2CCN(C3CCC(C)CC3)CC2)c1. The molecule has 2 heterocycles. The van der Waals surface area contributed by atoms with Gasteiger partial charge < -0.3 is 9.32 Å². The normalized spacial score (nSPS) is 21.4. The van der Waals surface area contributed by atoms with Gasteiger partial charge in [-0.3, -0.25) is 4.31 Å². The molecule has 5 rings (SSSR count). The van der Waals surface area contributed by atoms with Gasteiger partial charge in [-0.05, 0) is 99.8 Å². The van der Waals surface area contributed by atoms with Crippen molar-refractivity contribution in [2.75, 3.05) is 17.4 Å². The average Bonchev–Trinajstić information content (AvgIpc) is 3.43. The highest BCUT2D eigenvalue weighted by Crippen LogP contribution is 2.33. The number of piperidine rings is 1. The zero-order valence-electron chi connectivity index (χ0n) is 22.5. The molecule has 0 radical (unpaired) electrons. The van der Waals surface area contributed by atoms with Crippen molar-refractivity contribution in [3.63, 3.8) is 0 Å². The number of hydrogen-bond acceptors (Lipinski definition) is 6. The van der Waals surface area contributed by atoms with Crippen LogP contribution in [0, 0.1) is 12.8 Å². The van der Waals surface area contributed by atoms with Crippen molar-refractivity contribution in [3.05, 3.63) is 65.5 Å². The second-order valence-electron chi connectivity index (χ2n) is 11.0.